The van der Waals surface area contributed by atoms with Crippen LogP contribution in [-0.4, -0.2) is 37.6 Å². The van der Waals surface area contributed by atoms with Crippen molar-refractivity contribution in [3.8, 4) is 0 Å². The lowest BCUT2D eigenvalue weighted by Crippen LogP contribution is -2.41. The van der Waals surface area contributed by atoms with Crippen LogP contribution in [0.5, 0.6) is 0 Å². The van der Waals surface area contributed by atoms with E-state index in [1.165, 1.54) is 0 Å². The molecule has 0 atom stereocenters. The van der Waals surface area contributed by atoms with Crippen molar-refractivity contribution >= 4 is 10.0 Å². The quantitative estimate of drug-likeness (QED) is 0.735. The number of nitrogens with zero attached hydrogens (tertiary/aromatic N) is 1. The average molecular weight is 220 g/mol. The number of rotatable bonds is 5. The van der Waals surface area contributed by atoms with Gasteiger partial charge in [-0.3, -0.25) is 0 Å². The lowest BCUT2D eigenvalue weighted by Gasteiger charge is -2.26. The molecule has 0 heterocycles. The summed E-state index contributed by atoms with van der Waals surface area (Å²) >= 11 is 0. The Bertz CT molecular complexity index is 258. The van der Waals surface area contributed by atoms with Gasteiger partial charge in [0, 0.05) is 19.1 Å². The molecule has 0 aromatic rings. The predicted molar refractivity (Wildman–Crippen MR) is 57.5 cm³/mol. The first-order chi connectivity index (χ1) is 6.61. The highest BCUT2D eigenvalue weighted by Gasteiger charge is 2.29. The van der Waals surface area contributed by atoms with Crippen molar-refractivity contribution in [1.82, 2.24) is 4.31 Å². The Morgan fingerprint density at radius 2 is 1.93 bits per heavy atom. The minimum Gasteiger partial charge on any atom is -0.329 e. The van der Waals surface area contributed by atoms with Gasteiger partial charge in [-0.05, 0) is 12.8 Å². The van der Waals surface area contributed by atoms with Crippen LogP contribution in [0.3, 0.4) is 0 Å². The van der Waals surface area contributed by atoms with E-state index in [2.05, 4.69) is 0 Å². The molecule has 1 fully saturated rings. The van der Waals surface area contributed by atoms with Crippen molar-refractivity contribution in [2.24, 2.45) is 5.73 Å². The molecular weight excluding hydrogens is 200 g/mol. The van der Waals surface area contributed by atoms with Crippen LogP contribution in [0.15, 0.2) is 0 Å². The van der Waals surface area contributed by atoms with E-state index in [0.717, 1.165) is 25.7 Å². The summed E-state index contributed by atoms with van der Waals surface area (Å²) in [6, 6.07) is 0.233. The van der Waals surface area contributed by atoms with E-state index in [0.29, 0.717) is 6.54 Å². The largest absolute Gasteiger partial charge is 0.329 e. The van der Waals surface area contributed by atoms with Crippen LogP contribution >= 0.6 is 0 Å². The SMILES string of the molecule is CCN(C1CCCC1)S(=O)(=O)CCN. The van der Waals surface area contributed by atoms with E-state index >= 15 is 0 Å². The second kappa shape index (κ2) is 5.09. The van der Waals surface area contributed by atoms with Gasteiger partial charge in [0.25, 0.3) is 0 Å². The van der Waals surface area contributed by atoms with E-state index in [9.17, 15) is 8.42 Å². The maximum absolute atomic E-state index is 11.8. The van der Waals surface area contributed by atoms with Gasteiger partial charge in [-0.2, -0.15) is 4.31 Å². The van der Waals surface area contributed by atoms with Crippen molar-refractivity contribution in [1.29, 1.82) is 0 Å². The van der Waals surface area contributed by atoms with Crippen molar-refractivity contribution < 1.29 is 8.42 Å². The molecule has 0 saturated heterocycles. The molecule has 2 N–H and O–H groups in total. The predicted octanol–water partition coefficient (Wildman–Crippen LogP) is 0.539. The third-order valence-electron chi connectivity index (χ3n) is 2.78. The van der Waals surface area contributed by atoms with Crippen LogP contribution < -0.4 is 5.73 Å². The topological polar surface area (TPSA) is 63.4 Å². The highest BCUT2D eigenvalue weighted by atomic mass is 32.2. The fourth-order valence-corrected chi connectivity index (χ4v) is 3.73. The molecule has 0 radical (unpaired) electrons. The van der Waals surface area contributed by atoms with Gasteiger partial charge in [-0.15, -0.1) is 0 Å². The molecule has 14 heavy (non-hydrogen) atoms. The summed E-state index contributed by atoms with van der Waals surface area (Å²) in [6.45, 7) is 2.69. The monoisotopic (exact) mass is 220 g/mol. The summed E-state index contributed by atoms with van der Waals surface area (Å²) in [5.41, 5.74) is 5.30. The molecule has 0 aromatic heterocycles. The normalized spacial score (nSPS) is 19.4. The first-order valence-corrected chi connectivity index (χ1v) is 6.92. The van der Waals surface area contributed by atoms with Gasteiger partial charge in [-0.1, -0.05) is 19.8 Å². The van der Waals surface area contributed by atoms with Crippen LogP contribution in [-0.2, 0) is 10.0 Å². The number of hydrogen-bond donors (Lipinski definition) is 1. The fourth-order valence-electron chi connectivity index (χ4n) is 2.14. The molecule has 0 aromatic carbocycles. The smallest absolute Gasteiger partial charge is 0.215 e. The van der Waals surface area contributed by atoms with E-state index in [1.807, 2.05) is 6.92 Å². The lowest BCUT2D eigenvalue weighted by atomic mass is 10.2. The van der Waals surface area contributed by atoms with Gasteiger partial charge in [0.15, 0.2) is 0 Å². The van der Waals surface area contributed by atoms with Crippen molar-refractivity contribution in [3.63, 3.8) is 0 Å². The Labute approximate surface area is 86.5 Å². The van der Waals surface area contributed by atoms with E-state index < -0.39 is 10.0 Å². The van der Waals surface area contributed by atoms with Crippen molar-refractivity contribution in [2.45, 2.75) is 38.6 Å². The molecule has 1 saturated carbocycles. The third kappa shape index (κ3) is 2.68. The van der Waals surface area contributed by atoms with Crippen molar-refractivity contribution in [3.05, 3.63) is 0 Å². The zero-order chi connectivity index (χ0) is 10.6. The summed E-state index contributed by atoms with van der Waals surface area (Å²) in [5, 5.41) is 0. The van der Waals surface area contributed by atoms with Gasteiger partial charge >= 0.3 is 0 Å². The van der Waals surface area contributed by atoms with E-state index in [1.54, 1.807) is 4.31 Å². The number of sulfonamides is 1. The second-order valence-electron chi connectivity index (χ2n) is 3.75. The van der Waals surface area contributed by atoms with Gasteiger partial charge in [0.1, 0.15) is 0 Å². The molecule has 1 rings (SSSR count). The van der Waals surface area contributed by atoms with Crippen LogP contribution in [0.2, 0.25) is 0 Å². The minimum absolute atomic E-state index is 0.0807. The van der Waals surface area contributed by atoms with Crippen LogP contribution in [0, 0.1) is 0 Å². The van der Waals surface area contributed by atoms with Gasteiger partial charge in [-0.25, -0.2) is 8.42 Å². The van der Waals surface area contributed by atoms with Crippen molar-refractivity contribution in [2.75, 3.05) is 18.8 Å². The molecule has 0 amide bonds. The zero-order valence-corrected chi connectivity index (χ0v) is 9.59. The maximum Gasteiger partial charge on any atom is 0.215 e. The van der Waals surface area contributed by atoms with Gasteiger partial charge in [0.05, 0.1) is 5.75 Å². The molecule has 4 nitrogen and oxygen atoms in total. The van der Waals surface area contributed by atoms with Crippen LogP contribution in [0.25, 0.3) is 0 Å². The number of hydrogen-bond acceptors (Lipinski definition) is 3. The third-order valence-corrected chi connectivity index (χ3v) is 4.80. The number of nitrogens with two attached hydrogens (primary N) is 1. The summed E-state index contributed by atoms with van der Waals surface area (Å²) in [4.78, 5) is 0. The van der Waals surface area contributed by atoms with Crippen LogP contribution in [0.4, 0.5) is 0 Å². The Hall–Kier alpha value is -0.130. The van der Waals surface area contributed by atoms with E-state index in [-0.39, 0.29) is 18.3 Å². The summed E-state index contributed by atoms with van der Waals surface area (Å²) < 4.78 is 25.2. The Morgan fingerprint density at radius 1 is 1.36 bits per heavy atom. The summed E-state index contributed by atoms with van der Waals surface area (Å²) in [5.74, 6) is 0.0807. The summed E-state index contributed by atoms with van der Waals surface area (Å²) in [7, 11) is -3.10. The molecule has 1 aliphatic carbocycles. The highest BCUT2D eigenvalue weighted by molar-refractivity contribution is 7.89. The lowest BCUT2D eigenvalue weighted by molar-refractivity contribution is 0.335. The zero-order valence-electron chi connectivity index (χ0n) is 8.78. The molecular formula is C9H20N2O2S. The standard InChI is InChI=1S/C9H20N2O2S/c1-2-11(9-5-3-4-6-9)14(12,13)8-7-10/h9H,2-8,10H2,1H3. The Morgan fingerprint density at radius 3 is 2.36 bits per heavy atom. The fraction of sp³-hybridized carbons (Fsp3) is 1.00. The minimum atomic E-state index is -3.10. The second-order valence-corrected chi connectivity index (χ2v) is 5.79. The average Bonchev–Trinajstić information content (AvgIpc) is 2.57. The first kappa shape index (κ1) is 11.9. The molecule has 0 bridgehead atoms. The Kier molecular flexibility index (Phi) is 4.34. The molecule has 0 aliphatic heterocycles. The first-order valence-electron chi connectivity index (χ1n) is 5.31. The molecule has 5 heteroatoms. The van der Waals surface area contributed by atoms with Gasteiger partial charge in [0.2, 0.25) is 10.0 Å². The highest BCUT2D eigenvalue weighted by Crippen LogP contribution is 2.25. The Balaban J connectivity index is 2.69. The van der Waals surface area contributed by atoms with Gasteiger partial charge < -0.3 is 5.73 Å². The molecule has 84 valence electrons. The molecule has 1 aliphatic rings. The van der Waals surface area contributed by atoms with E-state index in [4.69, 9.17) is 5.73 Å². The summed E-state index contributed by atoms with van der Waals surface area (Å²) in [6.07, 6.45) is 4.33. The molecule has 0 spiro atoms. The van der Waals surface area contributed by atoms with Crippen LogP contribution in [0.1, 0.15) is 32.6 Å². The maximum atomic E-state index is 11.8. The molecule has 0 unspecified atom stereocenters.